The molecule has 20 heavy (non-hydrogen) atoms. The van der Waals surface area contributed by atoms with Gasteiger partial charge in [-0.1, -0.05) is 6.92 Å². The van der Waals surface area contributed by atoms with Gasteiger partial charge in [0, 0.05) is 43.3 Å². The van der Waals surface area contributed by atoms with Gasteiger partial charge in [-0.25, -0.2) is 0 Å². The molecule has 4 heteroatoms. The Hall–Kier alpha value is -1.13. The summed E-state index contributed by atoms with van der Waals surface area (Å²) in [5.74, 6) is 1.60. The average molecular weight is 278 g/mol. The minimum atomic E-state index is 0.619. The van der Waals surface area contributed by atoms with E-state index in [4.69, 9.17) is 9.47 Å². The van der Waals surface area contributed by atoms with Gasteiger partial charge in [-0.15, -0.1) is 0 Å². The summed E-state index contributed by atoms with van der Waals surface area (Å²) in [6.45, 7) is 8.54. The molecule has 112 valence electrons. The van der Waals surface area contributed by atoms with Crippen molar-refractivity contribution in [3.05, 3.63) is 23.5 Å². The molecule has 0 radical (unpaired) electrons. The summed E-state index contributed by atoms with van der Waals surface area (Å²) >= 11 is 0. The van der Waals surface area contributed by atoms with Gasteiger partial charge < -0.3 is 14.8 Å². The van der Waals surface area contributed by atoms with Crippen molar-refractivity contribution in [2.45, 2.75) is 39.7 Å². The largest absolute Gasteiger partial charge is 0.493 e. The van der Waals surface area contributed by atoms with E-state index in [1.165, 1.54) is 0 Å². The molecule has 2 heterocycles. The van der Waals surface area contributed by atoms with Gasteiger partial charge in [0.15, 0.2) is 0 Å². The summed E-state index contributed by atoms with van der Waals surface area (Å²) < 4.78 is 11.4. The highest BCUT2D eigenvalue weighted by Gasteiger charge is 2.15. The van der Waals surface area contributed by atoms with E-state index in [-0.39, 0.29) is 0 Å². The van der Waals surface area contributed by atoms with Crippen LogP contribution < -0.4 is 10.1 Å². The molecule has 1 aliphatic rings. The monoisotopic (exact) mass is 278 g/mol. The van der Waals surface area contributed by atoms with Crippen LogP contribution in [0.3, 0.4) is 0 Å². The molecular formula is C16H26N2O2. The lowest BCUT2D eigenvalue weighted by Gasteiger charge is -2.23. The molecule has 1 aromatic heterocycles. The number of nitrogens with one attached hydrogen (secondary N) is 1. The number of aromatic nitrogens is 1. The van der Waals surface area contributed by atoms with Gasteiger partial charge in [-0.3, -0.25) is 4.98 Å². The molecule has 1 fully saturated rings. The minimum absolute atomic E-state index is 0.619. The second kappa shape index (κ2) is 8.22. The highest BCUT2D eigenvalue weighted by molar-refractivity contribution is 5.32. The Morgan fingerprint density at radius 3 is 2.95 bits per heavy atom. The second-order valence-corrected chi connectivity index (χ2v) is 5.48. The van der Waals surface area contributed by atoms with Gasteiger partial charge in [0.1, 0.15) is 5.75 Å². The van der Waals surface area contributed by atoms with E-state index in [9.17, 15) is 0 Å². The Labute approximate surface area is 121 Å². The molecule has 4 nitrogen and oxygen atoms in total. The summed E-state index contributed by atoms with van der Waals surface area (Å²) in [5.41, 5.74) is 2.15. The maximum atomic E-state index is 6.05. The van der Waals surface area contributed by atoms with Crippen LogP contribution in [0.4, 0.5) is 0 Å². The molecule has 0 atom stereocenters. The highest BCUT2D eigenvalue weighted by atomic mass is 16.5. The van der Waals surface area contributed by atoms with Gasteiger partial charge in [0.25, 0.3) is 0 Å². The van der Waals surface area contributed by atoms with E-state index in [2.05, 4.69) is 17.2 Å². The first-order valence-electron chi connectivity index (χ1n) is 7.66. The van der Waals surface area contributed by atoms with Crippen molar-refractivity contribution >= 4 is 0 Å². The van der Waals surface area contributed by atoms with Gasteiger partial charge in [0.2, 0.25) is 0 Å². The van der Waals surface area contributed by atoms with Crippen molar-refractivity contribution < 1.29 is 9.47 Å². The topological polar surface area (TPSA) is 43.4 Å². The van der Waals surface area contributed by atoms with Crippen LogP contribution in [0.15, 0.2) is 12.3 Å². The number of pyridine rings is 1. The van der Waals surface area contributed by atoms with Crippen molar-refractivity contribution in [2.75, 3.05) is 26.4 Å². The lowest BCUT2D eigenvalue weighted by Crippen LogP contribution is -2.22. The van der Waals surface area contributed by atoms with Crippen LogP contribution in [0.5, 0.6) is 5.75 Å². The Morgan fingerprint density at radius 2 is 2.20 bits per heavy atom. The number of aryl methyl sites for hydroxylation is 1. The third-order valence-electron chi connectivity index (χ3n) is 3.64. The van der Waals surface area contributed by atoms with Crippen LogP contribution in [0, 0.1) is 12.8 Å². The van der Waals surface area contributed by atoms with E-state index < -0.39 is 0 Å². The van der Waals surface area contributed by atoms with Crippen molar-refractivity contribution in [1.29, 1.82) is 0 Å². The Morgan fingerprint density at radius 1 is 1.40 bits per heavy atom. The normalized spacial score (nSPS) is 16.3. The van der Waals surface area contributed by atoms with Crippen molar-refractivity contribution in [3.63, 3.8) is 0 Å². The van der Waals surface area contributed by atoms with Gasteiger partial charge in [0.05, 0.1) is 6.61 Å². The molecule has 0 spiro atoms. The zero-order valence-corrected chi connectivity index (χ0v) is 12.7. The zero-order chi connectivity index (χ0) is 14.2. The maximum absolute atomic E-state index is 6.05. The van der Waals surface area contributed by atoms with Crippen molar-refractivity contribution in [1.82, 2.24) is 10.3 Å². The first-order chi connectivity index (χ1) is 9.79. The van der Waals surface area contributed by atoms with Crippen LogP contribution in [-0.2, 0) is 11.3 Å². The number of ether oxygens (including phenoxy) is 2. The van der Waals surface area contributed by atoms with E-state index >= 15 is 0 Å². The SMILES string of the molecule is CCCNCc1cnc(C)cc1OCC1CCOCC1. The van der Waals surface area contributed by atoms with Gasteiger partial charge in [-0.05, 0) is 38.6 Å². The molecule has 1 aliphatic heterocycles. The molecule has 0 bridgehead atoms. The number of nitrogens with zero attached hydrogens (tertiary/aromatic N) is 1. The quantitative estimate of drug-likeness (QED) is 0.779. The minimum Gasteiger partial charge on any atom is -0.493 e. The van der Waals surface area contributed by atoms with Crippen LogP contribution in [0.25, 0.3) is 0 Å². The number of rotatable bonds is 7. The number of hydrogen-bond donors (Lipinski definition) is 1. The molecule has 1 aromatic rings. The molecular weight excluding hydrogens is 252 g/mol. The summed E-state index contributed by atoms with van der Waals surface area (Å²) in [4.78, 5) is 4.37. The van der Waals surface area contributed by atoms with Crippen molar-refractivity contribution in [3.8, 4) is 5.75 Å². The standard InChI is InChI=1S/C16H26N2O2/c1-3-6-17-10-15-11-18-13(2)9-16(15)20-12-14-4-7-19-8-5-14/h9,11,14,17H,3-8,10,12H2,1-2H3. The van der Waals surface area contributed by atoms with Crippen LogP contribution in [0.1, 0.15) is 37.4 Å². The molecule has 0 amide bonds. The maximum Gasteiger partial charge on any atom is 0.127 e. The van der Waals surface area contributed by atoms with Gasteiger partial charge >= 0.3 is 0 Å². The molecule has 0 aromatic carbocycles. The fourth-order valence-corrected chi connectivity index (χ4v) is 2.35. The van der Waals surface area contributed by atoms with Crippen LogP contribution in [-0.4, -0.2) is 31.3 Å². The molecule has 0 unspecified atom stereocenters. The smallest absolute Gasteiger partial charge is 0.127 e. The van der Waals surface area contributed by atoms with Crippen molar-refractivity contribution in [2.24, 2.45) is 5.92 Å². The molecule has 2 rings (SSSR count). The molecule has 1 saturated heterocycles. The van der Waals surface area contributed by atoms with E-state index in [0.717, 1.165) is 69.2 Å². The summed E-state index contributed by atoms with van der Waals surface area (Å²) in [5, 5.41) is 3.41. The Bertz CT molecular complexity index is 403. The summed E-state index contributed by atoms with van der Waals surface area (Å²) in [7, 11) is 0. The van der Waals surface area contributed by atoms with Gasteiger partial charge in [-0.2, -0.15) is 0 Å². The van der Waals surface area contributed by atoms with E-state index in [1.807, 2.05) is 19.2 Å². The van der Waals surface area contributed by atoms with Crippen LogP contribution >= 0.6 is 0 Å². The highest BCUT2D eigenvalue weighted by Crippen LogP contribution is 2.22. The third kappa shape index (κ3) is 4.76. The first kappa shape index (κ1) is 15.3. The summed E-state index contributed by atoms with van der Waals surface area (Å²) in [6.07, 6.45) is 5.27. The predicted octanol–water partition coefficient (Wildman–Crippen LogP) is 2.70. The molecule has 1 N–H and O–H groups in total. The molecule has 0 saturated carbocycles. The fraction of sp³-hybridized carbons (Fsp3) is 0.688. The Kier molecular flexibility index (Phi) is 6.27. The van der Waals surface area contributed by atoms with E-state index in [0.29, 0.717) is 5.92 Å². The van der Waals surface area contributed by atoms with E-state index in [1.54, 1.807) is 0 Å². The average Bonchev–Trinajstić information content (AvgIpc) is 2.48. The number of hydrogen-bond acceptors (Lipinski definition) is 4. The third-order valence-corrected chi connectivity index (χ3v) is 3.64. The first-order valence-corrected chi connectivity index (χ1v) is 7.66. The zero-order valence-electron chi connectivity index (χ0n) is 12.7. The van der Waals surface area contributed by atoms with Crippen LogP contribution in [0.2, 0.25) is 0 Å². The predicted molar refractivity (Wildman–Crippen MR) is 80.0 cm³/mol. The lowest BCUT2D eigenvalue weighted by molar-refractivity contribution is 0.0496. The lowest BCUT2D eigenvalue weighted by atomic mass is 10.0. The summed E-state index contributed by atoms with van der Waals surface area (Å²) in [6, 6.07) is 2.04. The molecule has 0 aliphatic carbocycles. The Balaban J connectivity index is 1.91. The fourth-order valence-electron chi connectivity index (χ4n) is 2.35. The second-order valence-electron chi connectivity index (χ2n) is 5.48.